The molecule has 0 atom stereocenters. The second kappa shape index (κ2) is 10.1. The van der Waals surface area contributed by atoms with Crippen molar-refractivity contribution in [3.8, 4) is 0 Å². The van der Waals surface area contributed by atoms with E-state index in [0.29, 0.717) is 0 Å². The number of hydrogen-bond donors (Lipinski definition) is 2. The van der Waals surface area contributed by atoms with Crippen molar-refractivity contribution in [1.82, 2.24) is 0 Å². The van der Waals surface area contributed by atoms with Crippen molar-refractivity contribution in [3.63, 3.8) is 0 Å². The van der Waals surface area contributed by atoms with Crippen LogP contribution in [-0.2, 0) is 11.4 Å². The van der Waals surface area contributed by atoms with Crippen LogP contribution >= 0.6 is 13.5 Å². The molecule has 0 fully saturated rings. The van der Waals surface area contributed by atoms with E-state index >= 15 is 0 Å². The molecule has 6 heavy (non-hydrogen) atoms. The van der Waals surface area contributed by atoms with Crippen LogP contribution in [0.3, 0.4) is 0 Å². The van der Waals surface area contributed by atoms with Crippen molar-refractivity contribution >= 4 is 76.2 Å². The normalized spacial score (nSPS) is 5.83. The predicted octanol–water partition coefficient (Wildman–Crippen LogP) is -0.855. The molecule has 3 nitrogen and oxygen atoms in total. The molecule has 0 amide bonds. The van der Waals surface area contributed by atoms with Crippen molar-refractivity contribution in [2.75, 3.05) is 0 Å². The Balaban J connectivity index is -0.0000000450. The molecule has 2 N–H and O–H groups in total. The Morgan fingerprint density at radius 2 is 1.33 bits per heavy atom. The molecule has 36 valence electrons. The first kappa shape index (κ1) is 15.7. The van der Waals surface area contributed by atoms with Gasteiger partial charge in [0.2, 0.25) is 0 Å². The van der Waals surface area contributed by atoms with Crippen LogP contribution in [-0.4, -0.2) is 64.7 Å². The maximum atomic E-state index is 8.67. The molecule has 0 rings (SSSR count). The zero-order valence-electron chi connectivity index (χ0n) is 2.21. The fourth-order valence-corrected chi connectivity index (χ4v) is 0. The monoisotopic (exact) mass is 156 g/mol. The topological polar surface area (TPSA) is 57.5 Å². The quantitative estimate of drug-likeness (QED) is 0.355. The Bertz CT molecular complexity index is 31.8. The Morgan fingerprint density at radius 3 is 1.33 bits per heavy atom. The second-order valence-corrected chi connectivity index (χ2v) is 0.692. The van der Waals surface area contributed by atoms with E-state index in [2.05, 4.69) is 0 Å². The minimum absolute atomic E-state index is 0. The SMILES string of the molecule is O=S(O)O.S.[KH]. The molecule has 0 radical (unpaired) electrons. The van der Waals surface area contributed by atoms with Gasteiger partial charge in [0.15, 0.2) is 0 Å². The van der Waals surface area contributed by atoms with Crippen LogP contribution in [0.25, 0.3) is 0 Å². The van der Waals surface area contributed by atoms with Crippen molar-refractivity contribution in [2.24, 2.45) is 0 Å². The van der Waals surface area contributed by atoms with Crippen LogP contribution in [0.1, 0.15) is 0 Å². The first-order valence-corrected chi connectivity index (χ1v) is 1.60. The molecule has 0 aromatic carbocycles. The first-order valence-electron chi connectivity index (χ1n) is 0.532. The molecule has 0 saturated heterocycles. The first-order chi connectivity index (χ1) is 1.73. The summed E-state index contributed by atoms with van der Waals surface area (Å²) in [5.41, 5.74) is 0. The van der Waals surface area contributed by atoms with E-state index in [4.69, 9.17) is 13.3 Å². The van der Waals surface area contributed by atoms with Gasteiger partial charge < -0.3 is 0 Å². The van der Waals surface area contributed by atoms with Gasteiger partial charge >= 0.3 is 51.4 Å². The molecular formula is H5KO3S2. The van der Waals surface area contributed by atoms with E-state index in [-0.39, 0.29) is 64.9 Å². The molecule has 0 aromatic heterocycles. The summed E-state index contributed by atoms with van der Waals surface area (Å²) < 4.78 is 22.8. The fourth-order valence-electron chi connectivity index (χ4n) is 0. The summed E-state index contributed by atoms with van der Waals surface area (Å²) in [6.07, 6.45) is 0. The van der Waals surface area contributed by atoms with Gasteiger partial charge in [-0.25, -0.2) is 0 Å². The summed E-state index contributed by atoms with van der Waals surface area (Å²) >= 11 is -2.61. The van der Waals surface area contributed by atoms with E-state index in [1.54, 1.807) is 0 Å². The minimum atomic E-state index is -2.61. The summed E-state index contributed by atoms with van der Waals surface area (Å²) in [5.74, 6) is 0. The third-order valence-corrected chi connectivity index (χ3v) is 0. The van der Waals surface area contributed by atoms with Gasteiger partial charge in [0, 0.05) is 0 Å². The summed E-state index contributed by atoms with van der Waals surface area (Å²) in [6.45, 7) is 0. The van der Waals surface area contributed by atoms with Crippen LogP contribution in [0.4, 0.5) is 0 Å². The van der Waals surface area contributed by atoms with Crippen LogP contribution in [0.15, 0.2) is 0 Å². The Morgan fingerprint density at radius 1 is 1.33 bits per heavy atom. The molecule has 0 bridgehead atoms. The van der Waals surface area contributed by atoms with E-state index in [1.807, 2.05) is 0 Å². The van der Waals surface area contributed by atoms with Gasteiger partial charge in [0.25, 0.3) is 11.4 Å². The van der Waals surface area contributed by atoms with Crippen LogP contribution in [0, 0.1) is 0 Å². The van der Waals surface area contributed by atoms with E-state index in [0.717, 1.165) is 0 Å². The molecule has 0 aromatic rings. The molecule has 0 unspecified atom stereocenters. The molecular weight excluding hydrogens is 151 g/mol. The average Bonchev–Trinajstić information content (AvgIpc) is 0.811. The van der Waals surface area contributed by atoms with Gasteiger partial charge in [-0.1, -0.05) is 0 Å². The molecule has 0 aliphatic rings. The predicted molar refractivity (Wildman–Crippen MR) is 30.9 cm³/mol. The van der Waals surface area contributed by atoms with Crippen LogP contribution in [0.5, 0.6) is 0 Å². The van der Waals surface area contributed by atoms with E-state index < -0.39 is 11.4 Å². The third-order valence-electron chi connectivity index (χ3n) is 0. The van der Waals surface area contributed by atoms with E-state index in [9.17, 15) is 0 Å². The van der Waals surface area contributed by atoms with Crippen molar-refractivity contribution in [3.05, 3.63) is 0 Å². The van der Waals surface area contributed by atoms with Gasteiger partial charge in [-0.15, -0.1) is 0 Å². The zero-order valence-corrected chi connectivity index (χ0v) is 4.03. The van der Waals surface area contributed by atoms with Crippen molar-refractivity contribution in [1.29, 1.82) is 0 Å². The van der Waals surface area contributed by atoms with Gasteiger partial charge in [0.1, 0.15) is 0 Å². The Hall–Kier alpha value is 2.06. The summed E-state index contributed by atoms with van der Waals surface area (Å²) in [5, 5.41) is 0. The standard InChI is InChI=1S/K.H2O3S.H2S.H/c;1-4(2)3;;/h;(H2,1,2,3);1H2;. The molecule has 0 heterocycles. The fraction of sp³-hybridized carbons (Fsp3) is 0. The van der Waals surface area contributed by atoms with Crippen LogP contribution in [0.2, 0.25) is 0 Å². The molecule has 0 aliphatic carbocycles. The van der Waals surface area contributed by atoms with Gasteiger partial charge in [-0.2, -0.15) is 17.7 Å². The van der Waals surface area contributed by atoms with Crippen LogP contribution < -0.4 is 0 Å². The van der Waals surface area contributed by atoms with Gasteiger partial charge in [-0.05, 0) is 0 Å². The van der Waals surface area contributed by atoms with Crippen molar-refractivity contribution in [2.45, 2.75) is 0 Å². The molecule has 0 saturated carbocycles. The summed E-state index contributed by atoms with van der Waals surface area (Å²) in [6, 6.07) is 0. The molecule has 6 heteroatoms. The Labute approximate surface area is 87.9 Å². The van der Waals surface area contributed by atoms with Gasteiger partial charge in [-0.3, -0.25) is 9.11 Å². The number of hydrogen-bond acceptors (Lipinski definition) is 1. The molecule has 0 spiro atoms. The van der Waals surface area contributed by atoms with Gasteiger partial charge in [0.05, 0.1) is 0 Å². The second-order valence-electron chi connectivity index (χ2n) is 0.231. The summed E-state index contributed by atoms with van der Waals surface area (Å²) in [4.78, 5) is 0. The van der Waals surface area contributed by atoms with Crippen molar-refractivity contribution < 1.29 is 13.3 Å². The maximum absolute atomic E-state index is 8.67. The number of rotatable bonds is 0. The zero-order chi connectivity index (χ0) is 3.58. The summed E-state index contributed by atoms with van der Waals surface area (Å²) in [7, 11) is 0. The average molecular weight is 156 g/mol. The Kier molecular flexibility index (Phi) is 26.5. The van der Waals surface area contributed by atoms with E-state index in [1.165, 1.54) is 0 Å². The molecule has 0 aliphatic heterocycles. The third kappa shape index (κ3) is 36.6.